The average molecular weight is 339 g/mol. The number of benzene rings is 2. The van der Waals surface area contributed by atoms with Crippen LogP contribution in [0.1, 0.15) is 49.8 Å². The summed E-state index contributed by atoms with van der Waals surface area (Å²) >= 11 is 0. The molecule has 134 valence electrons. The molecule has 0 spiro atoms. The van der Waals surface area contributed by atoms with E-state index in [1.54, 1.807) is 0 Å². The van der Waals surface area contributed by atoms with E-state index in [1.807, 2.05) is 45.0 Å². The number of unbranched alkanes of at least 4 members (excludes halogenated alkanes) is 1. The quantitative estimate of drug-likeness (QED) is 0.695. The van der Waals surface area contributed by atoms with Gasteiger partial charge in [0.15, 0.2) is 6.10 Å². The van der Waals surface area contributed by atoms with Crippen LogP contribution in [-0.4, -0.2) is 12.0 Å². The Labute approximate surface area is 151 Å². The third-order valence-electron chi connectivity index (χ3n) is 4.18. The van der Waals surface area contributed by atoms with E-state index < -0.39 is 6.10 Å². The molecule has 0 fully saturated rings. The Morgan fingerprint density at radius 3 is 2.24 bits per heavy atom. The zero-order valence-corrected chi connectivity index (χ0v) is 15.8. The highest BCUT2D eigenvalue weighted by Gasteiger charge is 2.18. The molecule has 25 heavy (non-hydrogen) atoms. The Bertz CT molecular complexity index is 671. The number of amides is 1. The van der Waals surface area contributed by atoms with E-state index in [9.17, 15) is 4.79 Å². The minimum Gasteiger partial charge on any atom is -0.481 e. The van der Waals surface area contributed by atoms with Gasteiger partial charge in [0, 0.05) is 5.69 Å². The maximum atomic E-state index is 12.5. The molecule has 0 bridgehead atoms. The standard InChI is InChI=1S/C22H29NO2/c1-5-7-8-18-9-11-19(12-10-18)23-22(24)21(6-2)25-20-14-16(3)13-17(4)15-20/h9-15,21H,5-8H2,1-4H3,(H,23,24)/t21-/m0/s1. The van der Waals surface area contributed by atoms with Crippen molar-refractivity contribution in [1.29, 1.82) is 0 Å². The van der Waals surface area contributed by atoms with Gasteiger partial charge in [0.2, 0.25) is 0 Å². The largest absolute Gasteiger partial charge is 0.481 e. The molecule has 2 aromatic rings. The molecule has 2 aromatic carbocycles. The Balaban J connectivity index is 1.99. The Kier molecular flexibility index (Phi) is 7.05. The van der Waals surface area contributed by atoms with Gasteiger partial charge in [0.25, 0.3) is 5.91 Å². The smallest absolute Gasteiger partial charge is 0.265 e. The van der Waals surface area contributed by atoms with Crippen molar-refractivity contribution in [1.82, 2.24) is 0 Å². The number of hydrogen-bond acceptors (Lipinski definition) is 2. The van der Waals surface area contributed by atoms with Gasteiger partial charge in [-0.05, 0) is 74.1 Å². The van der Waals surface area contributed by atoms with Gasteiger partial charge < -0.3 is 10.1 Å². The lowest BCUT2D eigenvalue weighted by Crippen LogP contribution is -2.32. The van der Waals surface area contributed by atoms with Gasteiger partial charge >= 0.3 is 0 Å². The van der Waals surface area contributed by atoms with Crippen molar-refractivity contribution in [2.45, 2.75) is 59.5 Å². The van der Waals surface area contributed by atoms with Crippen LogP contribution >= 0.6 is 0 Å². The first-order valence-electron chi connectivity index (χ1n) is 9.16. The van der Waals surface area contributed by atoms with E-state index in [2.05, 4.69) is 30.4 Å². The number of carbonyl (C=O) groups excluding carboxylic acids is 1. The molecule has 0 heterocycles. The van der Waals surface area contributed by atoms with Crippen LogP contribution in [0.5, 0.6) is 5.75 Å². The number of carbonyl (C=O) groups is 1. The maximum Gasteiger partial charge on any atom is 0.265 e. The first-order chi connectivity index (χ1) is 12.0. The summed E-state index contributed by atoms with van der Waals surface area (Å²) in [4.78, 5) is 12.5. The topological polar surface area (TPSA) is 38.3 Å². The lowest BCUT2D eigenvalue weighted by molar-refractivity contribution is -0.122. The van der Waals surface area contributed by atoms with Gasteiger partial charge in [-0.2, -0.15) is 0 Å². The van der Waals surface area contributed by atoms with Crippen molar-refractivity contribution < 1.29 is 9.53 Å². The van der Waals surface area contributed by atoms with Crippen LogP contribution in [0.25, 0.3) is 0 Å². The van der Waals surface area contributed by atoms with Crippen LogP contribution in [0.2, 0.25) is 0 Å². The molecule has 3 heteroatoms. The summed E-state index contributed by atoms with van der Waals surface area (Å²) in [5, 5.41) is 2.96. The fourth-order valence-corrected chi connectivity index (χ4v) is 2.85. The molecule has 1 N–H and O–H groups in total. The molecular weight excluding hydrogens is 310 g/mol. The summed E-state index contributed by atoms with van der Waals surface area (Å²) in [6.45, 7) is 8.21. The van der Waals surface area contributed by atoms with Crippen LogP contribution in [0.15, 0.2) is 42.5 Å². The molecule has 0 aromatic heterocycles. The highest BCUT2D eigenvalue weighted by atomic mass is 16.5. The number of rotatable bonds is 8. The zero-order chi connectivity index (χ0) is 18.2. The number of nitrogens with one attached hydrogen (secondary N) is 1. The normalized spacial score (nSPS) is 11.8. The van der Waals surface area contributed by atoms with Crippen LogP contribution in [-0.2, 0) is 11.2 Å². The van der Waals surface area contributed by atoms with E-state index in [0.717, 1.165) is 29.0 Å². The molecule has 0 aliphatic carbocycles. The number of ether oxygens (including phenoxy) is 1. The van der Waals surface area contributed by atoms with Crippen molar-refractivity contribution in [3.05, 3.63) is 59.2 Å². The molecule has 1 atom stereocenters. The number of hydrogen-bond donors (Lipinski definition) is 1. The monoisotopic (exact) mass is 339 g/mol. The third-order valence-corrected chi connectivity index (χ3v) is 4.18. The lowest BCUT2D eigenvalue weighted by atomic mass is 10.1. The van der Waals surface area contributed by atoms with Gasteiger partial charge in [0.1, 0.15) is 5.75 Å². The third kappa shape index (κ3) is 5.93. The van der Waals surface area contributed by atoms with E-state index in [1.165, 1.54) is 18.4 Å². The molecule has 3 nitrogen and oxygen atoms in total. The molecule has 1 amide bonds. The first kappa shape index (κ1) is 19.0. The molecule has 0 unspecified atom stereocenters. The highest BCUT2D eigenvalue weighted by molar-refractivity contribution is 5.94. The number of anilines is 1. The molecular formula is C22H29NO2. The van der Waals surface area contributed by atoms with Gasteiger partial charge in [-0.1, -0.05) is 38.5 Å². The number of aryl methyl sites for hydroxylation is 3. The minimum atomic E-state index is -0.499. The molecule has 0 aliphatic heterocycles. The highest BCUT2D eigenvalue weighted by Crippen LogP contribution is 2.19. The van der Waals surface area contributed by atoms with Crippen LogP contribution in [0.4, 0.5) is 5.69 Å². The summed E-state index contributed by atoms with van der Waals surface area (Å²) in [6.07, 6.45) is 3.58. The minimum absolute atomic E-state index is 0.108. The predicted octanol–water partition coefficient (Wildman–Crippen LogP) is 5.44. The van der Waals surface area contributed by atoms with Gasteiger partial charge in [-0.25, -0.2) is 0 Å². The second-order valence-electron chi connectivity index (χ2n) is 6.63. The van der Waals surface area contributed by atoms with Gasteiger partial charge in [-0.3, -0.25) is 4.79 Å². The molecule has 0 saturated heterocycles. The van der Waals surface area contributed by atoms with Crippen molar-refractivity contribution in [2.24, 2.45) is 0 Å². The summed E-state index contributed by atoms with van der Waals surface area (Å²) in [7, 11) is 0. The summed E-state index contributed by atoms with van der Waals surface area (Å²) in [5.41, 5.74) is 4.38. The summed E-state index contributed by atoms with van der Waals surface area (Å²) < 4.78 is 5.92. The fourth-order valence-electron chi connectivity index (χ4n) is 2.85. The van der Waals surface area contributed by atoms with Gasteiger partial charge in [0.05, 0.1) is 0 Å². The van der Waals surface area contributed by atoms with E-state index in [0.29, 0.717) is 6.42 Å². The van der Waals surface area contributed by atoms with Crippen LogP contribution < -0.4 is 10.1 Å². The predicted molar refractivity (Wildman–Crippen MR) is 104 cm³/mol. The summed E-state index contributed by atoms with van der Waals surface area (Å²) in [6, 6.07) is 14.1. The van der Waals surface area contributed by atoms with Crippen molar-refractivity contribution >= 4 is 11.6 Å². The zero-order valence-electron chi connectivity index (χ0n) is 15.8. The van der Waals surface area contributed by atoms with Crippen molar-refractivity contribution in [3.8, 4) is 5.75 Å². The van der Waals surface area contributed by atoms with Crippen LogP contribution in [0.3, 0.4) is 0 Å². The van der Waals surface area contributed by atoms with Crippen LogP contribution in [0, 0.1) is 13.8 Å². The Morgan fingerprint density at radius 1 is 1.04 bits per heavy atom. The van der Waals surface area contributed by atoms with Crippen molar-refractivity contribution in [2.75, 3.05) is 5.32 Å². The van der Waals surface area contributed by atoms with Crippen molar-refractivity contribution in [3.63, 3.8) is 0 Å². The SMILES string of the molecule is CCCCc1ccc(NC(=O)[C@H](CC)Oc2cc(C)cc(C)c2)cc1. The second-order valence-corrected chi connectivity index (χ2v) is 6.63. The molecule has 0 aliphatic rings. The van der Waals surface area contributed by atoms with E-state index in [-0.39, 0.29) is 5.91 Å². The second kappa shape index (κ2) is 9.26. The lowest BCUT2D eigenvalue weighted by Gasteiger charge is -2.18. The van der Waals surface area contributed by atoms with Gasteiger partial charge in [-0.15, -0.1) is 0 Å². The fraction of sp³-hybridized carbons (Fsp3) is 0.409. The average Bonchev–Trinajstić information content (AvgIpc) is 2.58. The van der Waals surface area contributed by atoms with E-state index in [4.69, 9.17) is 4.74 Å². The van der Waals surface area contributed by atoms with E-state index >= 15 is 0 Å². The molecule has 2 rings (SSSR count). The summed E-state index contributed by atoms with van der Waals surface area (Å²) in [5.74, 6) is 0.636. The maximum absolute atomic E-state index is 12.5. The Morgan fingerprint density at radius 2 is 1.68 bits per heavy atom. The molecule has 0 radical (unpaired) electrons. The first-order valence-corrected chi connectivity index (χ1v) is 9.16. The Hall–Kier alpha value is -2.29. The molecule has 0 saturated carbocycles.